The minimum absolute atomic E-state index is 0.0748. The number of sulfonamides is 1. The van der Waals surface area contributed by atoms with Crippen LogP contribution in [0.15, 0.2) is 35.2 Å². The zero-order valence-electron chi connectivity index (χ0n) is 12.1. The lowest BCUT2D eigenvalue weighted by atomic mass is 10.3. The molecule has 0 saturated heterocycles. The molecule has 2 N–H and O–H groups in total. The zero-order chi connectivity index (χ0) is 17.2. The van der Waals surface area contributed by atoms with Crippen LogP contribution < -0.4 is 14.2 Å². The fourth-order valence-electron chi connectivity index (χ4n) is 1.91. The summed E-state index contributed by atoms with van der Waals surface area (Å²) in [6.45, 7) is 0. The fourth-order valence-corrected chi connectivity index (χ4v) is 3.74. The van der Waals surface area contributed by atoms with Crippen LogP contribution in [0.1, 0.15) is 0 Å². The maximum Gasteiger partial charge on any atom is 0.265 e. The molecule has 0 radical (unpaired) electrons. The van der Waals surface area contributed by atoms with E-state index in [9.17, 15) is 13.5 Å². The van der Waals surface area contributed by atoms with Gasteiger partial charge in [-0.15, -0.1) is 0 Å². The number of methoxy groups -OCH3 is 2. The van der Waals surface area contributed by atoms with Crippen molar-refractivity contribution >= 4 is 38.9 Å². The Morgan fingerprint density at radius 3 is 2.43 bits per heavy atom. The molecule has 0 aliphatic carbocycles. The molecule has 0 atom stereocenters. The summed E-state index contributed by atoms with van der Waals surface area (Å²) in [6.07, 6.45) is 0. The summed E-state index contributed by atoms with van der Waals surface area (Å²) >= 11 is 11.6. The van der Waals surface area contributed by atoms with Crippen molar-refractivity contribution in [2.45, 2.75) is 4.90 Å². The molecule has 6 nitrogen and oxygen atoms in total. The number of hydrogen-bond acceptors (Lipinski definition) is 5. The maximum atomic E-state index is 12.5. The highest BCUT2D eigenvalue weighted by atomic mass is 35.5. The van der Waals surface area contributed by atoms with Gasteiger partial charge in [0.05, 0.1) is 24.9 Å². The van der Waals surface area contributed by atoms with Gasteiger partial charge in [-0.05, 0) is 24.3 Å². The minimum atomic E-state index is -4.15. The van der Waals surface area contributed by atoms with Crippen molar-refractivity contribution in [2.75, 3.05) is 18.9 Å². The molecular weight excluding hydrogens is 365 g/mol. The SMILES string of the molecule is COc1cccc(NS(=O)(=O)c2cc(Cl)cc(Cl)c2O)c1OC. The van der Waals surface area contributed by atoms with E-state index in [0.717, 1.165) is 6.07 Å². The third-order valence-corrected chi connectivity index (χ3v) is 4.82. The van der Waals surface area contributed by atoms with Crippen LogP contribution in [-0.4, -0.2) is 27.7 Å². The van der Waals surface area contributed by atoms with Crippen LogP contribution in [0.25, 0.3) is 0 Å². The molecule has 0 unspecified atom stereocenters. The summed E-state index contributed by atoms with van der Waals surface area (Å²) in [4.78, 5) is -0.445. The number of aromatic hydroxyl groups is 1. The van der Waals surface area contributed by atoms with E-state index >= 15 is 0 Å². The van der Waals surface area contributed by atoms with E-state index in [1.807, 2.05) is 0 Å². The first-order chi connectivity index (χ1) is 10.8. The van der Waals surface area contributed by atoms with E-state index in [-0.39, 0.29) is 21.5 Å². The second-order valence-corrected chi connectivity index (χ2v) is 6.88. The van der Waals surface area contributed by atoms with Crippen molar-refractivity contribution in [1.82, 2.24) is 0 Å². The number of halogens is 2. The van der Waals surface area contributed by atoms with E-state index in [1.165, 1.54) is 26.4 Å². The smallest absolute Gasteiger partial charge is 0.265 e. The maximum absolute atomic E-state index is 12.5. The lowest BCUT2D eigenvalue weighted by molar-refractivity contribution is 0.356. The Kier molecular flexibility index (Phi) is 5.13. The van der Waals surface area contributed by atoms with E-state index in [4.69, 9.17) is 32.7 Å². The first-order valence-electron chi connectivity index (χ1n) is 6.22. The molecule has 0 fully saturated rings. The summed E-state index contributed by atoms with van der Waals surface area (Å²) in [5.74, 6) is -0.0438. The molecule has 0 aliphatic rings. The van der Waals surface area contributed by atoms with Gasteiger partial charge >= 0.3 is 0 Å². The van der Waals surface area contributed by atoms with E-state index in [1.54, 1.807) is 12.1 Å². The normalized spacial score (nSPS) is 11.1. The van der Waals surface area contributed by atoms with Gasteiger partial charge < -0.3 is 14.6 Å². The Hall–Kier alpha value is -1.83. The standard InChI is InChI=1S/C14H13Cl2NO5S/c1-21-11-5-3-4-10(14(11)22-2)17-23(19,20)12-7-8(15)6-9(16)13(12)18/h3-7,17-18H,1-2H3. The molecule has 2 aromatic rings. The van der Waals surface area contributed by atoms with Crippen LogP contribution in [-0.2, 0) is 10.0 Å². The third-order valence-electron chi connectivity index (χ3n) is 2.93. The van der Waals surface area contributed by atoms with Crippen molar-refractivity contribution < 1.29 is 23.0 Å². The van der Waals surface area contributed by atoms with Gasteiger partial charge in [0.1, 0.15) is 4.90 Å². The van der Waals surface area contributed by atoms with Gasteiger partial charge in [0, 0.05) is 5.02 Å². The predicted molar refractivity (Wildman–Crippen MR) is 88.5 cm³/mol. The van der Waals surface area contributed by atoms with Gasteiger partial charge in [-0.25, -0.2) is 8.42 Å². The van der Waals surface area contributed by atoms with Crippen molar-refractivity contribution in [1.29, 1.82) is 0 Å². The number of phenolic OH excluding ortho intramolecular Hbond substituents is 1. The highest BCUT2D eigenvalue weighted by Gasteiger charge is 2.24. The van der Waals surface area contributed by atoms with E-state index in [2.05, 4.69) is 4.72 Å². The first-order valence-corrected chi connectivity index (χ1v) is 8.46. The zero-order valence-corrected chi connectivity index (χ0v) is 14.5. The Balaban J connectivity index is 2.52. The third kappa shape index (κ3) is 3.57. The number of benzene rings is 2. The van der Waals surface area contributed by atoms with Gasteiger partial charge in [-0.1, -0.05) is 29.3 Å². The molecule has 0 heterocycles. The molecular formula is C14H13Cl2NO5S. The predicted octanol–water partition coefficient (Wildman–Crippen LogP) is 3.52. The molecule has 9 heteroatoms. The molecule has 0 saturated carbocycles. The number of nitrogens with one attached hydrogen (secondary N) is 1. The second kappa shape index (κ2) is 6.74. The second-order valence-electron chi connectivity index (χ2n) is 4.38. The quantitative estimate of drug-likeness (QED) is 0.832. The Bertz CT molecular complexity index is 839. The number of anilines is 1. The van der Waals surface area contributed by atoms with Gasteiger partial charge in [-0.3, -0.25) is 4.72 Å². The summed E-state index contributed by atoms with van der Waals surface area (Å²) < 4.78 is 37.6. The first kappa shape index (κ1) is 17.5. The molecule has 0 bridgehead atoms. The highest BCUT2D eigenvalue weighted by Crippen LogP contribution is 2.38. The Labute approximate surface area is 143 Å². The number of ether oxygens (including phenoxy) is 2. The molecule has 0 aromatic heterocycles. The van der Waals surface area contributed by atoms with Crippen molar-refractivity contribution in [3.05, 3.63) is 40.4 Å². The number of hydrogen-bond donors (Lipinski definition) is 2. The van der Waals surface area contributed by atoms with E-state index < -0.39 is 20.7 Å². The monoisotopic (exact) mass is 377 g/mol. The summed E-state index contributed by atoms with van der Waals surface area (Å²) in [5, 5.41) is 9.80. The van der Waals surface area contributed by atoms with Crippen LogP contribution in [0, 0.1) is 0 Å². The molecule has 0 aliphatic heterocycles. The van der Waals surface area contributed by atoms with Crippen LogP contribution in [0.4, 0.5) is 5.69 Å². The molecule has 124 valence electrons. The molecule has 23 heavy (non-hydrogen) atoms. The molecule has 2 aromatic carbocycles. The van der Waals surface area contributed by atoms with Crippen LogP contribution in [0.2, 0.25) is 10.0 Å². The largest absolute Gasteiger partial charge is 0.505 e. The lowest BCUT2D eigenvalue weighted by Gasteiger charge is -2.15. The highest BCUT2D eigenvalue weighted by molar-refractivity contribution is 7.92. The van der Waals surface area contributed by atoms with Crippen LogP contribution >= 0.6 is 23.2 Å². The average molecular weight is 378 g/mol. The Morgan fingerprint density at radius 1 is 1.13 bits per heavy atom. The molecule has 0 amide bonds. The van der Waals surface area contributed by atoms with Crippen LogP contribution in [0.3, 0.4) is 0 Å². The number of phenols is 1. The van der Waals surface area contributed by atoms with Gasteiger partial charge in [0.2, 0.25) is 0 Å². The van der Waals surface area contributed by atoms with Crippen molar-refractivity contribution in [2.24, 2.45) is 0 Å². The van der Waals surface area contributed by atoms with Crippen molar-refractivity contribution in [3.8, 4) is 17.2 Å². The fraction of sp³-hybridized carbons (Fsp3) is 0.143. The average Bonchev–Trinajstić information content (AvgIpc) is 2.50. The summed E-state index contributed by atoms with van der Waals surface area (Å²) in [7, 11) is -1.34. The van der Waals surface area contributed by atoms with Crippen molar-refractivity contribution in [3.63, 3.8) is 0 Å². The topological polar surface area (TPSA) is 84.9 Å². The van der Waals surface area contributed by atoms with E-state index in [0.29, 0.717) is 5.75 Å². The number of rotatable bonds is 5. The van der Waals surface area contributed by atoms with Crippen LogP contribution in [0.5, 0.6) is 17.2 Å². The summed E-state index contributed by atoms with van der Waals surface area (Å²) in [6, 6.07) is 7.03. The lowest BCUT2D eigenvalue weighted by Crippen LogP contribution is -2.14. The summed E-state index contributed by atoms with van der Waals surface area (Å²) in [5.41, 5.74) is 0.141. The van der Waals surface area contributed by atoms with Gasteiger partial charge in [0.25, 0.3) is 10.0 Å². The van der Waals surface area contributed by atoms with Gasteiger partial charge in [0.15, 0.2) is 17.2 Å². The molecule has 2 rings (SSSR count). The molecule has 0 spiro atoms. The van der Waals surface area contributed by atoms with Gasteiger partial charge in [-0.2, -0.15) is 0 Å². The Morgan fingerprint density at radius 2 is 1.83 bits per heavy atom. The number of para-hydroxylation sites is 1. The minimum Gasteiger partial charge on any atom is -0.505 e.